The van der Waals surface area contributed by atoms with Crippen LogP contribution in [0.2, 0.25) is 0 Å². The molecule has 0 N–H and O–H groups in total. The molecule has 4 aromatic heterocycles. The maximum absolute atomic E-state index is 6.53. The molecule has 0 aliphatic rings. The summed E-state index contributed by atoms with van der Waals surface area (Å²) in [6.45, 7) is 2.12. The van der Waals surface area contributed by atoms with Crippen molar-refractivity contribution >= 4 is 32.8 Å². The number of hydrogen-bond acceptors (Lipinski definition) is 3. The van der Waals surface area contributed by atoms with Gasteiger partial charge in [0.15, 0.2) is 0 Å². The van der Waals surface area contributed by atoms with E-state index < -0.39 is 0 Å². The van der Waals surface area contributed by atoms with Gasteiger partial charge in [-0.15, -0.1) is 0 Å². The molecule has 8 aromatic rings. The fourth-order valence-corrected chi connectivity index (χ4v) is 6.92. The van der Waals surface area contributed by atoms with Crippen molar-refractivity contribution in [1.29, 1.82) is 0 Å². The molecular formula is C37H27N5OPt. The first-order chi connectivity index (χ1) is 21.6. The van der Waals surface area contributed by atoms with Gasteiger partial charge in [0.1, 0.15) is 0 Å². The second-order valence-corrected chi connectivity index (χ2v) is 11.9. The van der Waals surface area contributed by atoms with E-state index >= 15 is 0 Å². The molecule has 0 fully saturated rings. The summed E-state index contributed by atoms with van der Waals surface area (Å²) in [6, 6.07) is 37.6. The Morgan fingerprint density at radius 1 is 0.659 bits per heavy atom. The van der Waals surface area contributed by atoms with Crippen LogP contribution >= 0.6 is 0 Å². The molecular weight excluding hydrogens is 726 g/mol. The molecule has 0 radical (unpaired) electrons. The fraction of sp³-hybridized carbons (Fsp3) is 0.0541. The summed E-state index contributed by atoms with van der Waals surface area (Å²) in [7, 11) is 2.10. The molecule has 44 heavy (non-hydrogen) atoms. The number of nitrogens with zero attached hydrogens (tertiary/aromatic N) is 5. The van der Waals surface area contributed by atoms with Crippen LogP contribution in [0, 0.1) is 10.7 Å². The van der Waals surface area contributed by atoms with Crippen molar-refractivity contribution in [2.75, 3.05) is 0 Å². The summed E-state index contributed by atoms with van der Waals surface area (Å²) in [5.74, 6) is 2.40. The second-order valence-electron chi connectivity index (χ2n) is 10.9. The molecule has 4 heterocycles. The minimum atomic E-state index is 0.764. The molecule has 4 aromatic carbocycles. The number of benzene rings is 4. The van der Waals surface area contributed by atoms with E-state index in [-0.39, 0.29) is 0 Å². The Morgan fingerprint density at radius 3 is 2.25 bits per heavy atom. The van der Waals surface area contributed by atoms with Gasteiger partial charge in [-0.1, -0.05) is 18.2 Å². The summed E-state index contributed by atoms with van der Waals surface area (Å²) in [6.07, 6.45) is 5.61. The quantitative estimate of drug-likeness (QED) is 0.177. The van der Waals surface area contributed by atoms with Gasteiger partial charge in [0.2, 0.25) is 0 Å². The second kappa shape index (κ2) is 10.6. The van der Waals surface area contributed by atoms with E-state index in [0.717, 1.165) is 65.4 Å². The van der Waals surface area contributed by atoms with Gasteiger partial charge in [0, 0.05) is 29.7 Å². The molecule has 0 aliphatic heterocycles. The summed E-state index contributed by atoms with van der Waals surface area (Å²) in [4.78, 5) is 9.23. The van der Waals surface area contributed by atoms with Gasteiger partial charge in [-0.05, 0) is 18.6 Å². The van der Waals surface area contributed by atoms with Crippen LogP contribution in [-0.4, -0.2) is 23.7 Å². The number of para-hydroxylation sites is 3. The van der Waals surface area contributed by atoms with Crippen molar-refractivity contribution in [1.82, 2.24) is 23.7 Å². The van der Waals surface area contributed by atoms with Crippen LogP contribution in [-0.2, 0) is 26.4 Å². The third-order valence-corrected chi connectivity index (χ3v) is 9.44. The number of pyridine rings is 2. The van der Waals surface area contributed by atoms with E-state index in [4.69, 9.17) is 9.72 Å². The maximum atomic E-state index is 6.53. The van der Waals surface area contributed by atoms with Gasteiger partial charge in [0.25, 0.3) is 0 Å². The first-order valence-electron chi connectivity index (χ1n) is 14.4. The molecule has 0 saturated heterocycles. The summed E-state index contributed by atoms with van der Waals surface area (Å²) >= 11 is 2.38. The predicted octanol–water partition coefficient (Wildman–Crippen LogP) is 8.70. The van der Waals surface area contributed by atoms with Crippen LogP contribution in [0.15, 0.2) is 128 Å². The number of fused-ring (bicyclic) bond motifs is 4. The summed E-state index contributed by atoms with van der Waals surface area (Å²) in [5, 5.41) is 2.33. The van der Waals surface area contributed by atoms with Crippen LogP contribution in [0.3, 0.4) is 0 Å². The third-order valence-electron chi connectivity index (χ3n) is 8.17. The first kappa shape index (κ1) is 26.6. The van der Waals surface area contributed by atoms with E-state index in [2.05, 4.69) is 137 Å². The van der Waals surface area contributed by atoms with E-state index in [9.17, 15) is 0 Å². The first-order valence-corrected chi connectivity index (χ1v) is 15.5. The van der Waals surface area contributed by atoms with Crippen LogP contribution in [0.4, 0.5) is 0 Å². The molecule has 0 bridgehead atoms. The molecule has 216 valence electrons. The fourth-order valence-electron chi connectivity index (χ4n) is 6.08. The van der Waals surface area contributed by atoms with Crippen LogP contribution in [0.25, 0.3) is 55.5 Å². The van der Waals surface area contributed by atoms with Crippen molar-refractivity contribution in [3.63, 3.8) is 0 Å². The van der Waals surface area contributed by atoms with Crippen LogP contribution in [0.1, 0.15) is 5.56 Å². The number of aryl methyl sites for hydroxylation is 2. The van der Waals surface area contributed by atoms with Crippen molar-refractivity contribution in [2.24, 2.45) is 7.05 Å². The minimum Gasteiger partial charge on any atom is -0.264 e. The van der Waals surface area contributed by atoms with E-state index in [1.165, 1.54) is 10.9 Å². The SMILES string of the molecule is Cc1cc(-n2c3ccccc3c3ccc(Oc4cccc(-n5[c](=[Pt])n(C)c6ccccc65)c4)cc32)ncc1-c1cccnc1. The average Bonchev–Trinajstić information content (AvgIpc) is 3.52. The molecule has 6 nitrogen and oxygen atoms in total. The molecule has 0 spiro atoms. The Morgan fingerprint density at radius 2 is 1.43 bits per heavy atom. The van der Waals surface area contributed by atoms with Gasteiger partial charge in [-0.25, -0.2) is 0 Å². The number of imidazole rings is 1. The van der Waals surface area contributed by atoms with E-state index in [1.54, 1.807) is 6.20 Å². The number of hydrogen-bond donors (Lipinski definition) is 0. The summed E-state index contributed by atoms with van der Waals surface area (Å²) in [5.41, 5.74) is 8.79. The third kappa shape index (κ3) is 4.33. The monoisotopic (exact) mass is 752 g/mol. The van der Waals surface area contributed by atoms with Crippen molar-refractivity contribution < 1.29 is 24.1 Å². The Labute approximate surface area is 264 Å². The Kier molecular flexibility index (Phi) is 6.39. The van der Waals surface area contributed by atoms with Gasteiger partial charge in [-0.3, -0.25) is 4.98 Å². The molecule has 0 aliphatic carbocycles. The number of ether oxygens (including phenoxy) is 1. The van der Waals surface area contributed by atoms with Gasteiger partial charge in [-0.2, -0.15) is 0 Å². The van der Waals surface area contributed by atoms with Crippen molar-refractivity contribution in [3.05, 3.63) is 137 Å². The van der Waals surface area contributed by atoms with Gasteiger partial charge >= 0.3 is 194 Å². The predicted molar refractivity (Wildman–Crippen MR) is 172 cm³/mol. The normalized spacial score (nSPS) is 11.5. The standard InChI is InChI=1S/C37H27N5O.Pt/c1-25-19-37(39-23-32(25)26-9-8-18-38-22-26)42-33-13-4-3-12-30(33)31-17-16-29(21-36(31)42)43-28-11-7-10-27(20-28)41-24-40(2)34-14-5-6-15-35(34)41;/h3-23H,1-2H3;. The number of aromatic nitrogens is 5. The molecule has 0 saturated carbocycles. The smallest absolute Gasteiger partial charge is 0.264 e. The van der Waals surface area contributed by atoms with Crippen molar-refractivity contribution in [2.45, 2.75) is 6.92 Å². The molecule has 0 unspecified atom stereocenters. The van der Waals surface area contributed by atoms with Gasteiger partial charge < -0.3 is 0 Å². The zero-order valence-corrected chi connectivity index (χ0v) is 26.4. The zero-order chi connectivity index (χ0) is 29.8. The summed E-state index contributed by atoms with van der Waals surface area (Å²) < 4.78 is 14.3. The van der Waals surface area contributed by atoms with E-state index in [1.807, 2.05) is 36.7 Å². The van der Waals surface area contributed by atoms with E-state index in [0.29, 0.717) is 0 Å². The Bertz CT molecular complexity index is 2420. The molecule has 7 heteroatoms. The Hall–Kier alpha value is -5.06. The molecule has 0 atom stereocenters. The topological polar surface area (TPSA) is 49.8 Å². The molecule has 0 amide bonds. The average molecular weight is 753 g/mol. The Balaban J connectivity index is 1.22. The molecule has 8 rings (SSSR count). The van der Waals surface area contributed by atoms with Crippen LogP contribution < -0.4 is 4.74 Å². The van der Waals surface area contributed by atoms with Crippen molar-refractivity contribution in [3.8, 4) is 34.1 Å². The van der Waals surface area contributed by atoms with Crippen LogP contribution in [0.5, 0.6) is 11.5 Å². The minimum absolute atomic E-state index is 0.764. The number of rotatable bonds is 5. The zero-order valence-electron chi connectivity index (χ0n) is 24.1. The van der Waals surface area contributed by atoms with Gasteiger partial charge in [0.05, 0.1) is 0 Å².